The van der Waals surface area contributed by atoms with Gasteiger partial charge in [-0.05, 0) is 135 Å². The normalized spacial score (nSPS) is 47.8. The van der Waals surface area contributed by atoms with E-state index in [1.807, 2.05) is 0 Å². The van der Waals surface area contributed by atoms with Crippen LogP contribution in [-0.4, -0.2) is 18.8 Å². The molecule has 1 aromatic carbocycles. The summed E-state index contributed by atoms with van der Waals surface area (Å²) < 4.78 is 13.1. The molecule has 1 aliphatic heterocycles. The summed E-state index contributed by atoms with van der Waals surface area (Å²) in [7, 11) is 0. The van der Waals surface area contributed by atoms with Gasteiger partial charge in [-0.25, -0.2) is 0 Å². The van der Waals surface area contributed by atoms with Gasteiger partial charge in [0.25, 0.3) is 0 Å². The second-order valence-electron chi connectivity index (χ2n) is 15.9. The molecule has 8 bridgehead atoms. The van der Waals surface area contributed by atoms with E-state index in [0.29, 0.717) is 10.8 Å². The van der Waals surface area contributed by atoms with Gasteiger partial charge >= 0.3 is 0 Å². The van der Waals surface area contributed by atoms with Crippen molar-refractivity contribution in [2.45, 2.75) is 121 Å². The van der Waals surface area contributed by atoms with Gasteiger partial charge in [0, 0.05) is 11.0 Å². The maximum absolute atomic E-state index is 7.20. The fourth-order valence-electron chi connectivity index (χ4n) is 11.5. The van der Waals surface area contributed by atoms with Gasteiger partial charge in [-0.15, -0.1) is 0 Å². The molecule has 1 saturated heterocycles. The Morgan fingerprint density at radius 2 is 1.20 bits per heavy atom. The van der Waals surface area contributed by atoms with Gasteiger partial charge in [-0.2, -0.15) is 0 Å². The van der Waals surface area contributed by atoms with Gasteiger partial charge in [0.2, 0.25) is 0 Å². The molecule has 2 atom stereocenters. The van der Waals surface area contributed by atoms with Crippen molar-refractivity contribution in [1.82, 2.24) is 0 Å². The summed E-state index contributed by atoms with van der Waals surface area (Å²) in [4.78, 5) is 0. The van der Waals surface area contributed by atoms with Crippen molar-refractivity contribution < 1.29 is 9.47 Å². The van der Waals surface area contributed by atoms with Crippen LogP contribution < -0.4 is 4.74 Å². The summed E-state index contributed by atoms with van der Waals surface area (Å²) in [5, 5.41) is 0. The van der Waals surface area contributed by atoms with Crippen LogP contribution in [0.25, 0.3) is 0 Å². The second kappa shape index (κ2) is 7.30. The highest BCUT2D eigenvalue weighted by Gasteiger charge is 2.55. The monoisotopic (exact) mass is 474 g/mol. The first-order valence-electron chi connectivity index (χ1n) is 15.2. The summed E-state index contributed by atoms with van der Waals surface area (Å²) in [6.45, 7) is 7.88. The lowest BCUT2D eigenvalue weighted by atomic mass is 9.47. The first-order chi connectivity index (χ1) is 16.8. The number of benzene rings is 1. The highest BCUT2D eigenvalue weighted by molar-refractivity contribution is 5.47. The zero-order valence-electron chi connectivity index (χ0n) is 22.4. The Bertz CT molecular complexity index is 940. The molecule has 1 aromatic rings. The molecular weight excluding hydrogens is 428 g/mol. The van der Waals surface area contributed by atoms with Crippen molar-refractivity contribution in [2.24, 2.45) is 40.9 Å². The second-order valence-corrected chi connectivity index (χ2v) is 15.9. The predicted octanol–water partition coefficient (Wildman–Crippen LogP) is 7.81. The van der Waals surface area contributed by atoms with Crippen LogP contribution >= 0.6 is 0 Å². The predicted molar refractivity (Wildman–Crippen MR) is 140 cm³/mol. The fourth-order valence-corrected chi connectivity index (χ4v) is 11.5. The molecule has 8 aliphatic carbocycles. The van der Waals surface area contributed by atoms with E-state index in [0.717, 1.165) is 42.1 Å². The van der Waals surface area contributed by atoms with Crippen molar-refractivity contribution in [3.05, 3.63) is 29.3 Å². The lowest BCUT2D eigenvalue weighted by Gasteiger charge is -2.58. The van der Waals surface area contributed by atoms with Crippen molar-refractivity contribution in [2.75, 3.05) is 6.61 Å². The zero-order valence-corrected chi connectivity index (χ0v) is 22.4. The van der Waals surface area contributed by atoms with E-state index in [-0.39, 0.29) is 17.6 Å². The molecule has 0 amide bonds. The van der Waals surface area contributed by atoms with E-state index in [1.165, 1.54) is 82.8 Å². The molecule has 8 saturated carbocycles. The Labute approximate surface area is 212 Å². The Kier molecular flexibility index (Phi) is 4.59. The highest BCUT2D eigenvalue weighted by atomic mass is 16.6. The minimum absolute atomic E-state index is 0.0800. The van der Waals surface area contributed by atoms with E-state index < -0.39 is 0 Å². The van der Waals surface area contributed by atoms with Crippen LogP contribution in [-0.2, 0) is 15.6 Å². The van der Waals surface area contributed by atoms with Crippen molar-refractivity contribution in [3.8, 4) is 5.75 Å². The molecule has 2 nitrogen and oxygen atoms in total. The first kappa shape index (κ1) is 22.0. The molecule has 10 rings (SSSR count). The third-order valence-corrected chi connectivity index (χ3v) is 12.0. The van der Waals surface area contributed by atoms with Crippen molar-refractivity contribution in [1.29, 1.82) is 0 Å². The quantitative estimate of drug-likeness (QED) is 0.406. The van der Waals surface area contributed by atoms with Crippen molar-refractivity contribution >= 4 is 0 Å². The number of ether oxygens (including phenoxy) is 2. The van der Waals surface area contributed by atoms with Crippen molar-refractivity contribution in [3.63, 3.8) is 0 Å². The molecular formula is C33H46O2. The van der Waals surface area contributed by atoms with Crippen LogP contribution in [0.4, 0.5) is 0 Å². The summed E-state index contributed by atoms with van der Waals surface area (Å²) in [5.74, 6) is 7.09. The highest BCUT2D eigenvalue weighted by Crippen LogP contribution is 2.64. The molecule has 0 aromatic heterocycles. The standard InChI is InChI=1S/C33H46O2/c1-31(2,3)30(29-19-34-29)35-28-12-26(32-13-20-6-21(14-32)8-22(7-20)15-32)4-5-27(28)33-16-23-9-24(17-33)11-25(10-23)18-33/h4-5,12,20-25,29-30H,6-11,13-19H2,1-3H3. The lowest BCUT2D eigenvalue weighted by Crippen LogP contribution is -2.49. The molecule has 2 heteroatoms. The maximum Gasteiger partial charge on any atom is 0.132 e. The van der Waals surface area contributed by atoms with Gasteiger partial charge in [0.05, 0.1) is 6.61 Å². The lowest BCUT2D eigenvalue weighted by molar-refractivity contribution is -0.0104. The van der Waals surface area contributed by atoms with Crippen LogP contribution in [0.5, 0.6) is 5.75 Å². The largest absolute Gasteiger partial charge is 0.487 e. The number of epoxide rings is 1. The molecule has 0 spiro atoms. The summed E-state index contributed by atoms with van der Waals surface area (Å²) >= 11 is 0. The molecule has 1 heterocycles. The molecule has 2 unspecified atom stereocenters. The van der Waals surface area contributed by atoms with E-state index >= 15 is 0 Å². The van der Waals surface area contributed by atoms with Crippen LogP contribution in [0.2, 0.25) is 0 Å². The SMILES string of the molecule is CC(C)(C)C(Oc1cc(C23CC4CC(CC(C4)C2)C3)ccc1C12CC3CC(CC(C3)C1)C2)C1CO1. The zero-order chi connectivity index (χ0) is 23.6. The average molecular weight is 475 g/mol. The molecule has 9 aliphatic rings. The third-order valence-electron chi connectivity index (χ3n) is 12.0. The summed E-state index contributed by atoms with van der Waals surface area (Å²) in [5.41, 5.74) is 4.10. The summed E-state index contributed by atoms with van der Waals surface area (Å²) in [6, 6.07) is 7.81. The molecule has 35 heavy (non-hydrogen) atoms. The average Bonchev–Trinajstić information content (AvgIpc) is 3.60. The van der Waals surface area contributed by atoms with E-state index in [2.05, 4.69) is 39.0 Å². The van der Waals surface area contributed by atoms with Gasteiger partial charge in [0.1, 0.15) is 18.0 Å². The fraction of sp³-hybridized carbons (Fsp3) is 0.818. The number of rotatable bonds is 5. The minimum Gasteiger partial charge on any atom is -0.487 e. The Morgan fingerprint density at radius 3 is 1.63 bits per heavy atom. The van der Waals surface area contributed by atoms with Gasteiger partial charge in [0.15, 0.2) is 0 Å². The Morgan fingerprint density at radius 1 is 0.743 bits per heavy atom. The Balaban J connectivity index is 1.22. The Hall–Kier alpha value is -1.02. The molecule has 9 fully saturated rings. The molecule has 0 N–H and O–H groups in total. The van der Waals surface area contributed by atoms with Crippen LogP contribution in [0, 0.1) is 40.9 Å². The third kappa shape index (κ3) is 3.51. The minimum atomic E-state index is 0.0800. The van der Waals surface area contributed by atoms with Crippen LogP contribution in [0.15, 0.2) is 18.2 Å². The number of hydrogen-bond donors (Lipinski definition) is 0. The smallest absolute Gasteiger partial charge is 0.132 e. The van der Waals surface area contributed by atoms with Gasteiger partial charge < -0.3 is 9.47 Å². The summed E-state index contributed by atoms with van der Waals surface area (Å²) in [6.07, 6.45) is 18.0. The maximum atomic E-state index is 7.20. The van der Waals surface area contributed by atoms with E-state index in [1.54, 1.807) is 11.1 Å². The molecule has 190 valence electrons. The van der Waals surface area contributed by atoms with Crippen LogP contribution in [0.1, 0.15) is 109 Å². The van der Waals surface area contributed by atoms with Crippen LogP contribution in [0.3, 0.4) is 0 Å². The van der Waals surface area contributed by atoms with Gasteiger partial charge in [-0.1, -0.05) is 32.9 Å². The number of hydrogen-bond acceptors (Lipinski definition) is 2. The molecule has 0 radical (unpaired) electrons. The first-order valence-corrected chi connectivity index (χ1v) is 15.2. The van der Waals surface area contributed by atoms with E-state index in [4.69, 9.17) is 9.47 Å². The van der Waals surface area contributed by atoms with E-state index in [9.17, 15) is 0 Å². The van der Waals surface area contributed by atoms with Gasteiger partial charge in [-0.3, -0.25) is 0 Å². The topological polar surface area (TPSA) is 21.8 Å².